The van der Waals surface area contributed by atoms with Crippen molar-refractivity contribution in [2.24, 2.45) is 0 Å². The van der Waals surface area contributed by atoms with Crippen molar-refractivity contribution in [1.82, 2.24) is 4.72 Å². The maximum Gasteiger partial charge on any atom is 0.215 e. The maximum atomic E-state index is 12.5. The van der Waals surface area contributed by atoms with Crippen molar-refractivity contribution >= 4 is 35.8 Å². The molecule has 20 heavy (non-hydrogen) atoms. The third kappa shape index (κ3) is 3.94. The number of sulfone groups is 1. The van der Waals surface area contributed by atoms with Gasteiger partial charge in [0.25, 0.3) is 0 Å². The molecule has 0 spiro atoms. The molecule has 0 unspecified atom stereocenters. The van der Waals surface area contributed by atoms with Crippen molar-refractivity contribution in [2.75, 3.05) is 30.0 Å². The summed E-state index contributed by atoms with van der Waals surface area (Å²) in [6, 6.07) is 0. The summed E-state index contributed by atoms with van der Waals surface area (Å²) in [7, 11) is -6.55. The lowest BCUT2D eigenvalue weighted by molar-refractivity contribution is 0.0556. The SMILES string of the molecule is O=S1(=O)CCC(S(=O)(=O)NC2(CBr)CCOCC2)CC1. The number of rotatable bonds is 4. The zero-order chi connectivity index (χ0) is 14.9. The van der Waals surface area contributed by atoms with E-state index in [2.05, 4.69) is 20.7 Å². The predicted molar refractivity (Wildman–Crippen MR) is 80.3 cm³/mol. The molecule has 0 bridgehead atoms. The summed E-state index contributed by atoms with van der Waals surface area (Å²) < 4.78 is 55.8. The second-order valence-corrected chi connectivity index (χ2v) is 10.3. The monoisotopic (exact) mass is 389 g/mol. The molecule has 0 amide bonds. The minimum Gasteiger partial charge on any atom is -0.381 e. The van der Waals surface area contributed by atoms with Crippen molar-refractivity contribution in [1.29, 1.82) is 0 Å². The van der Waals surface area contributed by atoms with Gasteiger partial charge in [0.15, 0.2) is 0 Å². The fraction of sp³-hybridized carbons (Fsp3) is 1.00. The number of hydrogen-bond donors (Lipinski definition) is 1. The molecule has 2 aliphatic rings. The van der Waals surface area contributed by atoms with Gasteiger partial charge < -0.3 is 4.74 Å². The molecule has 0 aromatic rings. The molecule has 2 fully saturated rings. The summed E-state index contributed by atoms with van der Waals surface area (Å²) in [5, 5.41) is -0.0713. The Balaban J connectivity index is 2.07. The van der Waals surface area contributed by atoms with E-state index in [9.17, 15) is 16.8 Å². The minimum atomic E-state index is -3.50. The molecule has 6 nitrogen and oxygen atoms in total. The van der Waals surface area contributed by atoms with Gasteiger partial charge >= 0.3 is 0 Å². The standard InChI is InChI=1S/C11H20BrNO5S2/c12-9-11(3-5-18-6-4-11)13-20(16,17)10-1-7-19(14,15)8-2-10/h10,13H,1-9H2. The summed E-state index contributed by atoms with van der Waals surface area (Å²) in [4.78, 5) is 0. The van der Waals surface area contributed by atoms with E-state index in [4.69, 9.17) is 4.74 Å². The van der Waals surface area contributed by atoms with Gasteiger partial charge in [0.2, 0.25) is 10.0 Å². The van der Waals surface area contributed by atoms with E-state index in [0.29, 0.717) is 31.4 Å². The Bertz CT molecular complexity index is 525. The van der Waals surface area contributed by atoms with Crippen molar-refractivity contribution in [3.63, 3.8) is 0 Å². The molecule has 2 rings (SSSR count). The number of alkyl halides is 1. The molecule has 0 atom stereocenters. The van der Waals surface area contributed by atoms with Crippen LogP contribution in [0.5, 0.6) is 0 Å². The first-order valence-electron chi connectivity index (χ1n) is 6.66. The highest BCUT2D eigenvalue weighted by molar-refractivity contribution is 9.09. The van der Waals surface area contributed by atoms with Crippen LogP contribution in [-0.4, -0.2) is 57.7 Å². The average molecular weight is 390 g/mol. The number of halogens is 1. The Morgan fingerprint density at radius 2 is 1.75 bits per heavy atom. The molecule has 0 saturated carbocycles. The Kier molecular flexibility index (Phi) is 5.16. The van der Waals surface area contributed by atoms with Crippen LogP contribution in [0.4, 0.5) is 0 Å². The molecule has 0 radical (unpaired) electrons. The zero-order valence-electron chi connectivity index (χ0n) is 11.2. The first-order valence-corrected chi connectivity index (χ1v) is 11.1. The summed E-state index contributed by atoms with van der Waals surface area (Å²) in [6.45, 7) is 1.07. The molecule has 2 heterocycles. The van der Waals surface area contributed by atoms with E-state index in [1.54, 1.807) is 0 Å². The van der Waals surface area contributed by atoms with E-state index < -0.39 is 30.6 Å². The van der Waals surface area contributed by atoms with Crippen molar-refractivity contribution in [2.45, 2.75) is 36.5 Å². The summed E-state index contributed by atoms with van der Waals surface area (Å²) in [5.41, 5.74) is -0.507. The van der Waals surface area contributed by atoms with Crippen LogP contribution in [0, 0.1) is 0 Å². The molecule has 0 aromatic heterocycles. The van der Waals surface area contributed by atoms with Crippen LogP contribution >= 0.6 is 15.9 Å². The topological polar surface area (TPSA) is 89.5 Å². The first-order chi connectivity index (χ1) is 9.29. The van der Waals surface area contributed by atoms with Gasteiger partial charge in [-0.2, -0.15) is 0 Å². The van der Waals surface area contributed by atoms with Crippen LogP contribution in [0.1, 0.15) is 25.7 Å². The lowest BCUT2D eigenvalue weighted by Gasteiger charge is -2.37. The molecule has 1 N–H and O–H groups in total. The second kappa shape index (κ2) is 6.20. The Morgan fingerprint density at radius 3 is 2.25 bits per heavy atom. The highest BCUT2D eigenvalue weighted by Gasteiger charge is 2.40. The molecule has 118 valence electrons. The molecular weight excluding hydrogens is 370 g/mol. The summed E-state index contributed by atoms with van der Waals surface area (Å²) in [5.74, 6) is -0.0774. The summed E-state index contributed by atoms with van der Waals surface area (Å²) >= 11 is 3.38. The fourth-order valence-electron chi connectivity index (χ4n) is 2.59. The van der Waals surface area contributed by atoms with Gasteiger partial charge in [0.1, 0.15) is 9.84 Å². The summed E-state index contributed by atoms with van der Waals surface area (Å²) in [6.07, 6.45) is 1.63. The van der Waals surface area contributed by atoms with Crippen molar-refractivity contribution in [3.05, 3.63) is 0 Å². The quantitative estimate of drug-likeness (QED) is 0.703. The Morgan fingerprint density at radius 1 is 1.20 bits per heavy atom. The van der Waals surface area contributed by atoms with E-state index in [1.165, 1.54) is 0 Å². The number of sulfonamides is 1. The molecule has 2 aliphatic heterocycles. The van der Waals surface area contributed by atoms with Gasteiger partial charge in [-0.15, -0.1) is 0 Å². The Hall–Kier alpha value is 0.300. The van der Waals surface area contributed by atoms with Gasteiger partial charge in [-0.05, 0) is 25.7 Å². The van der Waals surface area contributed by atoms with Crippen LogP contribution in [0.25, 0.3) is 0 Å². The highest BCUT2D eigenvalue weighted by Crippen LogP contribution is 2.27. The molecule has 0 aliphatic carbocycles. The number of nitrogens with one attached hydrogen (secondary N) is 1. The van der Waals surface area contributed by atoms with E-state index in [0.717, 1.165) is 0 Å². The smallest absolute Gasteiger partial charge is 0.215 e. The fourth-order valence-corrected chi connectivity index (χ4v) is 7.17. The number of hydrogen-bond acceptors (Lipinski definition) is 5. The third-order valence-corrected chi connectivity index (χ3v) is 8.86. The van der Waals surface area contributed by atoms with E-state index in [-0.39, 0.29) is 24.3 Å². The van der Waals surface area contributed by atoms with Gasteiger partial charge in [0, 0.05) is 24.1 Å². The van der Waals surface area contributed by atoms with Crippen LogP contribution < -0.4 is 4.72 Å². The maximum absolute atomic E-state index is 12.5. The lowest BCUT2D eigenvalue weighted by Crippen LogP contribution is -2.56. The van der Waals surface area contributed by atoms with Gasteiger partial charge in [0.05, 0.1) is 16.8 Å². The second-order valence-electron chi connectivity index (χ2n) is 5.52. The normalized spacial score (nSPS) is 27.2. The first kappa shape index (κ1) is 16.7. The predicted octanol–water partition coefficient (Wildman–Crippen LogP) is 0.427. The van der Waals surface area contributed by atoms with Gasteiger partial charge in [-0.3, -0.25) is 0 Å². The van der Waals surface area contributed by atoms with Crippen LogP contribution in [0.3, 0.4) is 0 Å². The van der Waals surface area contributed by atoms with Crippen molar-refractivity contribution < 1.29 is 21.6 Å². The van der Waals surface area contributed by atoms with Crippen LogP contribution in [0.15, 0.2) is 0 Å². The largest absolute Gasteiger partial charge is 0.381 e. The zero-order valence-corrected chi connectivity index (χ0v) is 14.4. The number of ether oxygens (including phenoxy) is 1. The van der Waals surface area contributed by atoms with Crippen molar-refractivity contribution in [3.8, 4) is 0 Å². The van der Waals surface area contributed by atoms with Gasteiger partial charge in [-0.25, -0.2) is 21.6 Å². The third-order valence-electron chi connectivity index (χ3n) is 4.00. The highest BCUT2D eigenvalue weighted by atomic mass is 79.9. The average Bonchev–Trinajstić information content (AvgIpc) is 2.38. The molecular formula is C11H20BrNO5S2. The Labute approximate surface area is 128 Å². The molecule has 9 heteroatoms. The molecule has 0 aromatic carbocycles. The van der Waals surface area contributed by atoms with E-state index >= 15 is 0 Å². The molecule has 2 saturated heterocycles. The lowest BCUT2D eigenvalue weighted by atomic mass is 9.94. The van der Waals surface area contributed by atoms with Crippen LogP contribution in [-0.2, 0) is 24.6 Å². The minimum absolute atomic E-state index is 0.0387. The van der Waals surface area contributed by atoms with Gasteiger partial charge in [-0.1, -0.05) is 15.9 Å². The van der Waals surface area contributed by atoms with Crippen LogP contribution in [0.2, 0.25) is 0 Å². The van der Waals surface area contributed by atoms with E-state index in [1.807, 2.05) is 0 Å².